The molecule has 33 heavy (non-hydrogen) atoms. The van der Waals surface area contributed by atoms with Gasteiger partial charge in [-0.15, -0.1) is 28.1 Å². The summed E-state index contributed by atoms with van der Waals surface area (Å²) in [6, 6.07) is 16.7. The summed E-state index contributed by atoms with van der Waals surface area (Å²) in [7, 11) is 0. The van der Waals surface area contributed by atoms with E-state index < -0.39 is 0 Å². The Bertz CT molecular complexity index is 1210. The third-order valence-electron chi connectivity index (χ3n) is 5.19. The second-order valence-corrected chi connectivity index (χ2v) is 9.91. The summed E-state index contributed by atoms with van der Waals surface area (Å²) in [5.41, 5.74) is 4.73. The van der Waals surface area contributed by atoms with E-state index in [1.165, 1.54) is 11.1 Å². The summed E-state index contributed by atoms with van der Waals surface area (Å²) in [5.74, 6) is 2.84. The molecule has 2 aromatic heterocycles. The van der Waals surface area contributed by atoms with Gasteiger partial charge in [0.25, 0.3) is 0 Å². The highest BCUT2D eigenvalue weighted by atomic mass is 32.2. The Kier molecular flexibility index (Phi) is 7.62. The van der Waals surface area contributed by atoms with Crippen LogP contribution in [0.15, 0.2) is 71.7 Å². The quantitative estimate of drug-likeness (QED) is 0.184. The van der Waals surface area contributed by atoms with Gasteiger partial charge in [-0.25, -0.2) is 4.98 Å². The molecule has 5 nitrogen and oxygen atoms in total. The second kappa shape index (κ2) is 10.8. The zero-order valence-electron chi connectivity index (χ0n) is 19.2. The number of allylic oxidation sites excluding steroid dienone is 1. The van der Waals surface area contributed by atoms with E-state index in [9.17, 15) is 0 Å². The predicted octanol–water partition coefficient (Wildman–Crippen LogP) is 6.89. The van der Waals surface area contributed by atoms with Gasteiger partial charge < -0.3 is 4.74 Å². The molecule has 170 valence electrons. The number of rotatable bonds is 10. The fourth-order valence-corrected chi connectivity index (χ4v) is 5.15. The van der Waals surface area contributed by atoms with Crippen LogP contribution in [0, 0.1) is 6.92 Å². The number of aromatic nitrogens is 4. The number of thioether (sulfide) groups is 1. The fraction of sp³-hybridized carbons (Fsp3) is 0.269. The van der Waals surface area contributed by atoms with Gasteiger partial charge in [0.1, 0.15) is 17.4 Å². The summed E-state index contributed by atoms with van der Waals surface area (Å²) < 4.78 is 8.02. The van der Waals surface area contributed by atoms with E-state index in [-0.39, 0.29) is 0 Å². The lowest BCUT2D eigenvalue weighted by molar-refractivity contribution is 0.289. The van der Waals surface area contributed by atoms with E-state index >= 15 is 0 Å². The lowest BCUT2D eigenvalue weighted by Crippen LogP contribution is -2.07. The molecule has 0 aliphatic rings. The van der Waals surface area contributed by atoms with Crippen LogP contribution >= 0.6 is 23.1 Å². The van der Waals surface area contributed by atoms with Crippen molar-refractivity contribution in [2.24, 2.45) is 0 Å². The third kappa shape index (κ3) is 5.92. The number of ether oxygens (including phenoxy) is 1. The number of aryl methyl sites for hydroxylation is 1. The SMILES string of the molecule is C=CCn1c(COc2ccc(C(C)C)cc2)nnc1SCc1csc(-c2cccc(C)c2)n1. The predicted molar refractivity (Wildman–Crippen MR) is 137 cm³/mol. The first-order valence-electron chi connectivity index (χ1n) is 10.9. The van der Waals surface area contributed by atoms with Crippen LogP contribution in [0.1, 0.15) is 42.4 Å². The van der Waals surface area contributed by atoms with Crippen molar-refractivity contribution in [2.45, 2.75) is 50.8 Å². The maximum atomic E-state index is 5.97. The molecule has 4 aromatic rings. The van der Waals surface area contributed by atoms with Crippen LogP contribution in [0.25, 0.3) is 10.6 Å². The molecule has 0 amide bonds. The summed E-state index contributed by atoms with van der Waals surface area (Å²) >= 11 is 3.30. The summed E-state index contributed by atoms with van der Waals surface area (Å²) in [6.07, 6.45) is 1.85. The number of nitrogens with zero attached hydrogens (tertiary/aromatic N) is 4. The summed E-state index contributed by atoms with van der Waals surface area (Å²) in [6.45, 7) is 11.3. The Morgan fingerprint density at radius 2 is 1.97 bits per heavy atom. The maximum Gasteiger partial charge on any atom is 0.191 e. The van der Waals surface area contributed by atoms with Crippen molar-refractivity contribution < 1.29 is 4.74 Å². The molecule has 0 unspecified atom stereocenters. The van der Waals surface area contributed by atoms with E-state index in [0.29, 0.717) is 19.1 Å². The highest BCUT2D eigenvalue weighted by Gasteiger charge is 2.14. The first kappa shape index (κ1) is 23.3. The zero-order chi connectivity index (χ0) is 23.2. The first-order chi connectivity index (χ1) is 16.0. The molecule has 0 saturated heterocycles. The van der Waals surface area contributed by atoms with Gasteiger partial charge in [0.2, 0.25) is 0 Å². The Morgan fingerprint density at radius 1 is 1.15 bits per heavy atom. The van der Waals surface area contributed by atoms with Gasteiger partial charge in [-0.3, -0.25) is 4.57 Å². The normalized spacial score (nSPS) is 11.2. The molecule has 0 bridgehead atoms. The average molecular weight is 477 g/mol. The highest BCUT2D eigenvalue weighted by Crippen LogP contribution is 2.28. The van der Waals surface area contributed by atoms with Crippen molar-refractivity contribution in [3.05, 3.63) is 89.2 Å². The number of benzene rings is 2. The van der Waals surface area contributed by atoms with Crippen molar-refractivity contribution in [3.8, 4) is 16.3 Å². The van der Waals surface area contributed by atoms with Crippen LogP contribution in [0.5, 0.6) is 5.75 Å². The van der Waals surface area contributed by atoms with Crippen LogP contribution < -0.4 is 4.74 Å². The zero-order valence-corrected chi connectivity index (χ0v) is 20.8. The van der Waals surface area contributed by atoms with E-state index in [1.807, 2.05) is 22.8 Å². The smallest absolute Gasteiger partial charge is 0.191 e. The summed E-state index contributed by atoms with van der Waals surface area (Å²) in [4.78, 5) is 4.81. The average Bonchev–Trinajstić information content (AvgIpc) is 3.44. The maximum absolute atomic E-state index is 5.97. The van der Waals surface area contributed by atoms with Gasteiger partial charge in [-0.05, 0) is 36.6 Å². The molecule has 0 aliphatic carbocycles. The topological polar surface area (TPSA) is 52.8 Å². The molecule has 2 aromatic carbocycles. The van der Waals surface area contributed by atoms with Crippen molar-refractivity contribution in [1.82, 2.24) is 19.7 Å². The number of hydrogen-bond donors (Lipinski definition) is 0. The van der Waals surface area contributed by atoms with E-state index in [1.54, 1.807) is 23.1 Å². The Balaban J connectivity index is 1.41. The molecule has 0 aliphatic heterocycles. The molecule has 4 rings (SSSR count). The Morgan fingerprint density at radius 3 is 2.70 bits per heavy atom. The van der Waals surface area contributed by atoms with Crippen molar-refractivity contribution >= 4 is 23.1 Å². The fourth-order valence-electron chi connectivity index (χ4n) is 3.36. The molecule has 0 fully saturated rings. The molecular weight excluding hydrogens is 448 g/mol. The second-order valence-electron chi connectivity index (χ2n) is 8.11. The van der Waals surface area contributed by atoms with Gasteiger partial charge >= 0.3 is 0 Å². The van der Waals surface area contributed by atoms with E-state index in [0.717, 1.165) is 38.7 Å². The Labute approximate surface area is 203 Å². The minimum Gasteiger partial charge on any atom is -0.486 e. The standard InChI is InChI=1S/C26H28N4OS2/c1-5-13-30-24(15-31-23-11-9-20(10-12-23)18(2)3)28-29-26(30)33-17-22-16-32-25(27-22)21-8-6-7-19(4)14-21/h5-12,14,16,18H,1,13,15,17H2,2-4H3. The van der Waals surface area contributed by atoms with Crippen LogP contribution in [-0.4, -0.2) is 19.7 Å². The number of thiazole rings is 1. The van der Waals surface area contributed by atoms with Crippen molar-refractivity contribution in [1.29, 1.82) is 0 Å². The van der Waals surface area contributed by atoms with Gasteiger partial charge in [0.05, 0.1) is 5.69 Å². The third-order valence-corrected chi connectivity index (χ3v) is 7.13. The van der Waals surface area contributed by atoms with Gasteiger partial charge in [0.15, 0.2) is 11.0 Å². The molecule has 0 atom stereocenters. The molecule has 0 saturated carbocycles. The number of hydrogen-bond acceptors (Lipinski definition) is 6. The van der Waals surface area contributed by atoms with Crippen molar-refractivity contribution in [3.63, 3.8) is 0 Å². The molecule has 7 heteroatoms. The molecule has 0 radical (unpaired) electrons. The van der Waals surface area contributed by atoms with Crippen LogP contribution in [0.2, 0.25) is 0 Å². The minimum absolute atomic E-state index is 0.358. The van der Waals surface area contributed by atoms with E-state index in [2.05, 4.69) is 79.3 Å². The molecular formula is C26H28N4OS2. The highest BCUT2D eigenvalue weighted by molar-refractivity contribution is 7.98. The minimum atomic E-state index is 0.358. The van der Waals surface area contributed by atoms with Crippen LogP contribution in [-0.2, 0) is 18.9 Å². The lowest BCUT2D eigenvalue weighted by atomic mass is 10.0. The van der Waals surface area contributed by atoms with E-state index in [4.69, 9.17) is 9.72 Å². The van der Waals surface area contributed by atoms with Crippen LogP contribution in [0.3, 0.4) is 0 Å². The Hall–Kier alpha value is -2.90. The van der Waals surface area contributed by atoms with Crippen molar-refractivity contribution in [2.75, 3.05) is 0 Å². The molecule has 2 heterocycles. The van der Waals surface area contributed by atoms with Gasteiger partial charge in [-0.2, -0.15) is 0 Å². The first-order valence-corrected chi connectivity index (χ1v) is 12.8. The van der Waals surface area contributed by atoms with Crippen LogP contribution in [0.4, 0.5) is 0 Å². The monoisotopic (exact) mass is 476 g/mol. The molecule has 0 N–H and O–H groups in total. The van der Waals surface area contributed by atoms with Gasteiger partial charge in [0, 0.05) is 23.2 Å². The van der Waals surface area contributed by atoms with Gasteiger partial charge in [-0.1, -0.05) is 67.6 Å². The molecule has 0 spiro atoms. The summed E-state index contributed by atoms with van der Waals surface area (Å²) in [5, 5.41) is 12.8. The largest absolute Gasteiger partial charge is 0.486 e. The lowest BCUT2D eigenvalue weighted by Gasteiger charge is -2.10.